The molecule has 2 fully saturated rings. The van der Waals surface area contributed by atoms with E-state index in [0.717, 1.165) is 11.9 Å². The van der Waals surface area contributed by atoms with Gasteiger partial charge in [-0.3, -0.25) is 0 Å². The second kappa shape index (κ2) is 7.25. The zero-order valence-electron chi connectivity index (χ0n) is 11.7. The summed E-state index contributed by atoms with van der Waals surface area (Å²) >= 11 is 3.53. The van der Waals surface area contributed by atoms with Crippen molar-refractivity contribution in [3.63, 3.8) is 0 Å². The summed E-state index contributed by atoms with van der Waals surface area (Å²) in [6.45, 7) is 3.31. The first-order valence-corrected chi connectivity index (χ1v) is 8.87. The minimum Gasteiger partial charge on any atom is -0.370 e. The minimum absolute atomic E-state index is 0.279. The lowest BCUT2D eigenvalue weighted by Crippen LogP contribution is -2.38. The summed E-state index contributed by atoms with van der Waals surface area (Å²) in [6.07, 6.45) is 12.2. The van der Waals surface area contributed by atoms with Crippen LogP contribution in [0.5, 0.6) is 0 Å². The second-order valence-electron chi connectivity index (χ2n) is 6.01. The Kier molecular flexibility index (Phi) is 5.96. The molecule has 1 saturated carbocycles. The predicted molar refractivity (Wildman–Crippen MR) is 80.4 cm³/mol. The van der Waals surface area contributed by atoms with Crippen LogP contribution in [0.1, 0.15) is 64.7 Å². The number of ether oxygens (including phenoxy) is 1. The number of nitrogens with one attached hydrogen (secondary N) is 1. The van der Waals surface area contributed by atoms with E-state index in [9.17, 15) is 0 Å². The van der Waals surface area contributed by atoms with Gasteiger partial charge in [-0.15, -0.1) is 0 Å². The molecule has 1 heterocycles. The molecule has 0 aromatic rings. The van der Waals surface area contributed by atoms with E-state index in [1.165, 1.54) is 57.8 Å². The van der Waals surface area contributed by atoms with Crippen LogP contribution < -0.4 is 5.32 Å². The van der Waals surface area contributed by atoms with Gasteiger partial charge in [0.2, 0.25) is 0 Å². The van der Waals surface area contributed by atoms with E-state index in [4.69, 9.17) is 4.74 Å². The molecule has 2 aliphatic rings. The molecule has 18 heavy (non-hydrogen) atoms. The lowest BCUT2D eigenvalue weighted by Gasteiger charge is -2.33. The normalized spacial score (nSPS) is 28.7. The van der Waals surface area contributed by atoms with Crippen LogP contribution in [0.25, 0.3) is 0 Å². The van der Waals surface area contributed by atoms with Crippen molar-refractivity contribution in [2.24, 2.45) is 0 Å². The topological polar surface area (TPSA) is 21.3 Å². The summed E-state index contributed by atoms with van der Waals surface area (Å²) in [4.78, 5) is 0. The van der Waals surface area contributed by atoms with Gasteiger partial charge in [0.25, 0.3) is 0 Å². The van der Waals surface area contributed by atoms with Crippen LogP contribution in [0.15, 0.2) is 0 Å². The third-order valence-electron chi connectivity index (χ3n) is 4.69. The molecule has 3 heteroatoms. The monoisotopic (exact) mass is 317 g/mol. The molecule has 0 aromatic heterocycles. The second-order valence-corrected chi connectivity index (χ2v) is 6.81. The predicted octanol–water partition coefficient (Wildman–Crippen LogP) is 4.02. The molecule has 0 bridgehead atoms. The lowest BCUT2D eigenvalue weighted by atomic mass is 9.83. The van der Waals surface area contributed by atoms with E-state index < -0.39 is 0 Å². The quantitative estimate of drug-likeness (QED) is 0.747. The van der Waals surface area contributed by atoms with Crippen LogP contribution in [0.2, 0.25) is 0 Å². The van der Waals surface area contributed by atoms with Gasteiger partial charge in [0.05, 0.1) is 11.7 Å². The van der Waals surface area contributed by atoms with E-state index in [0.29, 0.717) is 12.1 Å². The highest BCUT2D eigenvalue weighted by Gasteiger charge is 2.40. The summed E-state index contributed by atoms with van der Waals surface area (Å²) < 4.78 is 6.39. The Bertz CT molecular complexity index is 241. The molecular weight excluding hydrogens is 290 g/mol. The van der Waals surface area contributed by atoms with Crippen molar-refractivity contribution < 1.29 is 4.74 Å². The first-order chi connectivity index (χ1) is 8.78. The highest BCUT2D eigenvalue weighted by molar-refractivity contribution is 9.09. The number of hydrogen-bond donors (Lipinski definition) is 1. The van der Waals surface area contributed by atoms with Crippen molar-refractivity contribution in [2.75, 3.05) is 11.9 Å². The summed E-state index contributed by atoms with van der Waals surface area (Å²) in [7, 11) is 0. The van der Waals surface area contributed by atoms with Crippen LogP contribution in [0.4, 0.5) is 0 Å². The molecule has 2 nitrogen and oxygen atoms in total. The number of alkyl halides is 1. The van der Waals surface area contributed by atoms with E-state index in [1.54, 1.807) is 0 Å². The van der Waals surface area contributed by atoms with Crippen molar-refractivity contribution in [1.29, 1.82) is 0 Å². The SMILES string of the molecule is CCC(CCBr)NCC1CCC2(CCCCC2)O1. The fraction of sp³-hybridized carbons (Fsp3) is 1.00. The molecule has 0 amide bonds. The summed E-state index contributed by atoms with van der Waals surface area (Å²) in [5.74, 6) is 0. The molecule has 2 rings (SSSR count). The van der Waals surface area contributed by atoms with Crippen LogP contribution in [-0.2, 0) is 4.74 Å². The highest BCUT2D eigenvalue weighted by atomic mass is 79.9. The van der Waals surface area contributed by atoms with Gasteiger partial charge in [-0.2, -0.15) is 0 Å². The first-order valence-electron chi connectivity index (χ1n) is 7.75. The van der Waals surface area contributed by atoms with Crippen molar-refractivity contribution >= 4 is 15.9 Å². The van der Waals surface area contributed by atoms with Gasteiger partial charge in [-0.05, 0) is 38.5 Å². The Balaban J connectivity index is 1.72. The smallest absolute Gasteiger partial charge is 0.0708 e. The van der Waals surface area contributed by atoms with E-state index in [2.05, 4.69) is 28.2 Å². The third-order valence-corrected chi connectivity index (χ3v) is 5.15. The molecule has 0 aromatic carbocycles. The fourth-order valence-electron chi connectivity index (χ4n) is 3.48. The molecule has 1 saturated heterocycles. The maximum absolute atomic E-state index is 6.39. The van der Waals surface area contributed by atoms with Gasteiger partial charge in [0, 0.05) is 17.9 Å². The molecule has 2 atom stereocenters. The highest BCUT2D eigenvalue weighted by Crippen LogP contribution is 2.41. The Labute approximate surface area is 120 Å². The van der Waals surface area contributed by atoms with Crippen LogP contribution in [-0.4, -0.2) is 29.6 Å². The van der Waals surface area contributed by atoms with Crippen molar-refractivity contribution in [3.05, 3.63) is 0 Å². The van der Waals surface area contributed by atoms with Gasteiger partial charge in [0.1, 0.15) is 0 Å². The fourth-order valence-corrected chi connectivity index (χ4v) is 4.04. The third kappa shape index (κ3) is 3.94. The van der Waals surface area contributed by atoms with Crippen molar-refractivity contribution in [2.45, 2.75) is 82.5 Å². The molecule has 1 aliphatic carbocycles. The van der Waals surface area contributed by atoms with Gasteiger partial charge in [-0.25, -0.2) is 0 Å². The zero-order chi connectivity index (χ0) is 12.8. The zero-order valence-corrected chi connectivity index (χ0v) is 13.3. The van der Waals surface area contributed by atoms with Gasteiger partial charge < -0.3 is 10.1 Å². The average Bonchev–Trinajstić information content (AvgIpc) is 2.78. The number of rotatable bonds is 6. The Morgan fingerprint density at radius 3 is 2.72 bits per heavy atom. The average molecular weight is 318 g/mol. The molecule has 106 valence electrons. The number of hydrogen-bond acceptors (Lipinski definition) is 2. The minimum atomic E-state index is 0.279. The molecular formula is C15H28BrNO. The van der Waals surface area contributed by atoms with Crippen molar-refractivity contribution in [1.82, 2.24) is 5.32 Å². The first kappa shape index (κ1) is 14.8. The maximum Gasteiger partial charge on any atom is 0.0708 e. The summed E-state index contributed by atoms with van der Waals surface area (Å²) in [6, 6.07) is 0.649. The Morgan fingerprint density at radius 2 is 2.06 bits per heavy atom. The van der Waals surface area contributed by atoms with E-state index in [-0.39, 0.29) is 5.60 Å². The van der Waals surface area contributed by atoms with E-state index in [1.807, 2.05) is 0 Å². The van der Waals surface area contributed by atoms with Gasteiger partial charge in [0.15, 0.2) is 0 Å². The maximum atomic E-state index is 6.39. The summed E-state index contributed by atoms with van der Waals surface area (Å²) in [5.41, 5.74) is 0.279. The van der Waals surface area contributed by atoms with Crippen LogP contribution in [0.3, 0.4) is 0 Å². The van der Waals surface area contributed by atoms with Crippen LogP contribution in [0, 0.1) is 0 Å². The Morgan fingerprint density at radius 1 is 1.28 bits per heavy atom. The largest absolute Gasteiger partial charge is 0.370 e. The van der Waals surface area contributed by atoms with Crippen LogP contribution >= 0.6 is 15.9 Å². The van der Waals surface area contributed by atoms with Gasteiger partial charge >= 0.3 is 0 Å². The molecule has 0 radical (unpaired) electrons. The Hall–Kier alpha value is 0.400. The number of halogens is 1. The lowest BCUT2D eigenvalue weighted by molar-refractivity contribution is -0.0629. The van der Waals surface area contributed by atoms with Gasteiger partial charge in [-0.1, -0.05) is 42.1 Å². The molecule has 1 N–H and O–H groups in total. The van der Waals surface area contributed by atoms with Crippen molar-refractivity contribution in [3.8, 4) is 0 Å². The molecule has 1 spiro atoms. The molecule has 1 aliphatic heterocycles. The van der Waals surface area contributed by atoms with E-state index >= 15 is 0 Å². The standard InChI is InChI=1S/C15H28BrNO/c1-2-13(7-11-16)17-12-14-6-10-15(18-14)8-4-3-5-9-15/h13-14,17H,2-12H2,1H3. The summed E-state index contributed by atoms with van der Waals surface area (Å²) in [5, 5.41) is 4.77. The molecule has 2 unspecified atom stereocenters.